The highest BCUT2D eigenvalue weighted by Crippen LogP contribution is 2.25. The van der Waals surface area contributed by atoms with Gasteiger partial charge in [-0.25, -0.2) is 0 Å². The SMILES string of the molecule is COc1cc(CN2CCNCC2C)ccc1Cl. The lowest BCUT2D eigenvalue weighted by Crippen LogP contribution is -2.49. The Kier molecular flexibility index (Phi) is 4.26. The maximum absolute atomic E-state index is 6.02. The number of methoxy groups -OCH3 is 1. The summed E-state index contributed by atoms with van der Waals surface area (Å²) in [5.74, 6) is 0.756. The first-order valence-corrected chi connectivity index (χ1v) is 6.35. The zero-order valence-electron chi connectivity index (χ0n) is 10.4. The van der Waals surface area contributed by atoms with E-state index in [1.54, 1.807) is 7.11 Å². The molecule has 0 spiro atoms. The molecule has 1 fully saturated rings. The van der Waals surface area contributed by atoms with Crippen molar-refractivity contribution in [3.05, 3.63) is 28.8 Å². The van der Waals surface area contributed by atoms with Crippen LogP contribution in [0.1, 0.15) is 12.5 Å². The van der Waals surface area contributed by atoms with Crippen LogP contribution in [0.3, 0.4) is 0 Å². The molecule has 1 atom stereocenters. The van der Waals surface area contributed by atoms with Gasteiger partial charge in [-0.15, -0.1) is 0 Å². The number of rotatable bonds is 3. The predicted molar refractivity (Wildman–Crippen MR) is 70.7 cm³/mol. The Hall–Kier alpha value is -0.770. The minimum atomic E-state index is 0.574. The topological polar surface area (TPSA) is 24.5 Å². The molecule has 3 nitrogen and oxygen atoms in total. The van der Waals surface area contributed by atoms with Crippen LogP contribution in [0.4, 0.5) is 0 Å². The zero-order chi connectivity index (χ0) is 12.3. The lowest BCUT2D eigenvalue weighted by molar-refractivity contribution is 0.165. The summed E-state index contributed by atoms with van der Waals surface area (Å²) in [6, 6.07) is 6.57. The van der Waals surface area contributed by atoms with Crippen molar-refractivity contribution in [1.82, 2.24) is 10.2 Å². The Bertz CT molecular complexity index is 384. The number of nitrogens with one attached hydrogen (secondary N) is 1. The molecule has 1 aliphatic rings. The summed E-state index contributed by atoms with van der Waals surface area (Å²) in [6.07, 6.45) is 0. The number of halogens is 1. The van der Waals surface area contributed by atoms with Crippen molar-refractivity contribution < 1.29 is 4.74 Å². The van der Waals surface area contributed by atoms with Crippen molar-refractivity contribution >= 4 is 11.6 Å². The number of hydrogen-bond acceptors (Lipinski definition) is 3. The highest BCUT2D eigenvalue weighted by atomic mass is 35.5. The molecule has 1 aliphatic heterocycles. The summed E-state index contributed by atoms with van der Waals surface area (Å²) < 4.78 is 5.24. The minimum Gasteiger partial charge on any atom is -0.495 e. The molecule has 94 valence electrons. The van der Waals surface area contributed by atoms with Gasteiger partial charge in [0.2, 0.25) is 0 Å². The number of hydrogen-bond donors (Lipinski definition) is 1. The second kappa shape index (κ2) is 5.71. The Balaban J connectivity index is 2.07. The third kappa shape index (κ3) is 3.12. The first-order valence-electron chi connectivity index (χ1n) is 5.98. The van der Waals surface area contributed by atoms with Gasteiger partial charge in [0.05, 0.1) is 12.1 Å². The average Bonchev–Trinajstić information content (AvgIpc) is 2.34. The molecule has 0 bridgehead atoms. The second-order valence-corrected chi connectivity index (χ2v) is 4.90. The van der Waals surface area contributed by atoms with Gasteiger partial charge in [-0.2, -0.15) is 0 Å². The summed E-state index contributed by atoms with van der Waals surface area (Å²) in [4.78, 5) is 2.47. The van der Waals surface area contributed by atoms with Gasteiger partial charge in [-0.3, -0.25) is 4.90 Å². The van der Waals surface area contributed by atoms with E-state index in [1.165, 1.54) is 5.56 Å². The summed E-state index contributed by atoms with van der Waals surface area (Å²) in [5.41, 5.74) is 1.25. The van der Waals surface area contributed by atoms with Gasteiger partial charge in [0, 0.05) is 32.2 Å². The van der Waals surface area contributed by atoms with Crippen molar-refractivity contribution in [2.24, 2.45) is 0 Å². The van der Waals surface area contributed by atoms with E-state index in [-0.39, 0.29) is 0 Å². The van der Waals surface area contributed by atoms with Crippen LogP contribution in [0.5, 0.6) is 5.75 Å². The van der Waals surface area contributed by atoms with E-state index in [1.807, 2.05) is 12.1 Å². The predicted octanol–water partition coefficient (Wildman–Crippen LogP) is 2.14. The van der Waals surface area contributed by atoms with Crippen LogP contribution in [-0.2, 0) is 6.54 Å². The van der Waals surface area contributed by atoms with Crippen molar-refractivity contribution in [3.63, 3.8) is 0 Å². The van der Waals surface area contributed by atoms with E-state index in [0.29, 0.717) is 11.1 Å². The normalized spacial score (nSPS) is 21.5. The number of benzene rings is 1. The van der Waals surface area contributed by atoms with E-state index in [0.717, 1.165) is 31.9 Å². The molecule has 17 heavy (non-hydrogen) atoms. The maximum atomic E-state index is 6.02. The van der Waals surface area contributed by atoms with Gasteiger partial charge < -0.3 is 10.1 Å². The van der Waals surface area contributed by atoms with E-state index in [9.17, 15) is 0 Å². The molecule has 0 amide bonds. The Morgan fingerprint density at radius 2 is 2.35 bits per heavy atom. The van der Waals surface area contributed by atoms with Gasteiger partial charge in [-0.05, 0) is 24.6 Å². The van der Waals surface area contributed by atoms with Crippen LogP contribution in [0.15, 0.2) is 18.2 Å². The highest BCUT2D eigenvalue weighted by molar-refractivity contribution is 6.32. The monoisotopic (exact) mass is 254 g/mol. The molecule has 2 rings (SSSR count). The molecular formula is C13H19ClN2O. The Morgan fingerprint density at radius 3 is 3.06 bits per heavy atom. The molecule has 1 unspecified atom stereocenters. The minimum absolute atomic E-state index is 0.574. The number of piperazine rings is 1. The molecule has 1 heterocycles. The molecule has 0 aliphatic carbocycles. The standard InChI is InChI=1S/C13H19ClN2O/c1-10-8-15-5-6-16(10)9-11-3-4-12(14)13(7-11)17-2/h3-4,7,10,15H,5-6,8-9H2,1-2H3. The average molecular weight is 255 g/mol. The van der Waals surface area contributed by atoms with Crippen LogP contribution in [0.2, 0.25) is 5.02 Å². The second-order valence-electron chi connectivity index (χ2n) is 4.49. The van der Waals surface area contributed by atoms with E-state index < -0.39 is 0 Å². The molecule has 1 aromatic rings. The fourth-order valence-corrected chi connectivity index (χ4v) is 2.35. The quantitative estimate of drug-likeness (QED) is 0.895. The maximum Gasteiger partial charge on any atom is 0.137 e. The first-order chi connectivity index (χ1) is 8.20. The first kappa shape index (κ1) is 12.7. The fourth-order valence-electron chi connectivity index (χ4n) is 2.16. The molecular weight excluding hydrogens is 236 g/mol. The van der Waals surface area contributed by atoms with Gasteiger partial charge in [0.15, 0.2) is 0 Å². The fraction of sp³-hybridized carbons (Fsp3) is 0.538. The van der Waals surface area contributed by atoms with E-state index in [2.05, 4.69) is 23.2 Å². The van der Waals surface area contributed by atoms with Crippen molar-refractivity contribution in [3.8, 4) is 5.75 Å². The van der Waals surface area contributed by atoms with Crippen molar-refractivity contribution in [2.45, 2.75) is 19.5 Å². The lowest BCUT2D eigenvalue weighted by Gasteiger charge is -2.33. The van der Waals surface area contributed by atoms with Crippen LogP contribution >= 0.6 is 11.6 Å². The van der Waals surface area contributed by atoms with Gasteiger partial charge >= 0.3 is 0 Å². The van der Waals surface area contributed by atoms with Crippen LogP contribution < -0.4 is 10.1 Å². The Morgan fingerprint density at radius 1 is 1.53 bits per heavy atom. The number of nitrogens with zero attached hydrogens (tertiary/aromatic N) is 1. The molecule has 1 aromatic carbocycles. The molecule has 0 radical (unpaired) electrons. The largest absolute Gasteiger partial charge is 0.495 e. The van der Waals surface area contributed by atoms with Crippen LogP contribution in [0, 0.1) is 0 Å². The summed E-state index contributed by atoms with van der Waals surface area (Å²) in [6.45, 7) is 6.42. The third-order valence-corrected chi connectivity index (χ3v) is 3.55. The smallest absolute Gasteiger partial charge is 0.137 e. The Labute approximate surface area is 108 Å². The van der Waals surface area contributed by atoms with Crippen molar-refractivity contribution in [2.75, 3.05) is 26.7 Å². The van der Waals surface area contributed by atoms with E-state index in [4.69, 9.17) is 16.3 Å². The molecule has 0 aromatic heterocycles. The summed E-state index contributed by atoms with van der Waals surface area (Å²) in [7, 11) is 1.65. The molecule has 1 saturated heterocycles. The van der Waals surface area contributed by atoms with Crippen LogP contribution in [0.25, 0.3) is 0 Å². The van der Waals surface area contributed by atoms with Gasteiger partial charge in [0.25, 0.3) is 0 Å². The summed E-state index contributed by atoms with van der Waals surface area (Å²) in [5, 5.41) is 4.07. The molecule has 4 heteroatoms. The molecule has 0 saturated carbocycles. The number of ether oxygens (including phenoxy) is 1. The zero-order valence-corrected chi connectivity index (χ0v) is 11.1. The lowest BCUT2D eigenvalue weighted by atomic mass is 10.1. The third-order valence-electron chi connectivity index (χ3n) is 3.24. The van der Waals surface area contributed by atoms with Crippen molar-refractivity contribution in [1.29, 1.82) is 0 Å². The van der Waals surface area contributed by atoms with E-state index >= 15 is 0 Å². The molecule has 1 N–H and O–H groups in total. The van der Waals surface area contributed by atoms with Crippen LogP contribution in [-0.4, -0.2) is 37.7 Å². The summed E-state index contributed by atoms with van der Waals surface area (Å²) >= 11 is 6.02. The highest BCUT2D eigenvalue weighted by Gasteiger charge is 2.18. The van der Waals surface area contributed by atoms with Gasteiger partial charge in [0.1, 0.15) is 5.75 Å². The van der Waals surface area contributed by atoms with Gasteiger partial charge in [-0.1, -0.05) is 17.7 Å².